The SMILES string of the molecule is Cc1cn(CC(F)(F)F)nc1C(C)C(=O)O. The number of rotatable bonds is 3. The van der Waals surface area contributed by atoms with E-state index in [1.165, 1.54) is 20.0 Å². The number of carboxylic acid groups (broad SMARTS) is 1. The minimum absolute atomic E-state index is 0.164. The van der Waals surface area contributed by atoms with Crippen LogP contribution in [0.4, 0.5) is 13.2 Å². The zero-order valence-electron chi connectivity index (χ0n) is 8.75. The number of hydrogen-bond acceptors (Lipinski definition) is 2. The van der Waals surface area contributed by atoms with Crippen LogP contribution >= 0.6 is 0 Å². The summed E-state index contributed by atoms with van der Waals surface area (Å²) in [6.07, 6.45) is -3.16. The van der Waals surface area contributed by atoms with Crippen LogP contribution in [-0.4, -0.2) is 27.0 Å². The number of carbonyl (C=O) groups is 1. The van der Waals surface area contributed by atoms with E-state index in [4.69, 9.17) is 5.11 Å². The summed E-state index contributed by atoms with van der Waals surface area (Å²) in [6, 6.07) is 0. The Bertz CT molecular complexity index is 398. The molecule has 0 aliphatic carbocycles. The number of alkyl halides is 3. The third-order valence-corrected chi connectivity index (χ3v) is 2.10. The number of halogens is 3. The maximum Gasteiger partial charge on any atom is 0.408 e. The Labute approximate surface area is 89.7 Å². The molecule has 1 heterocycles. The Hall–Kier alpha value is -1.53. The van der Waals surface area contributed by atoms with Gasteiger partial charge in [0.1, 0.15) is 6.54 Å². The second-order valence-electron chi connectivity index (χ2n) is 3.57. The first-order valence-electron chi connectivity index (χ1n) is 4.54. The number of nitrogens with zero attached hydrogens (tertiary/aromatic N) is 2. The van der Waals surface area contributed by atoms with Crippen molar-refractivity contribution in [2.24, 2.45) is 0 Å². The van der Waals surface area contributed by atoms with E-state index >= 15 is 0 Å². The van der Waals surface area contributed by atoms with E-state index in [0.29, 0.717) is 10.2 Å². The minimum atomic E-state index is -4.36. The van der Waals surface area contributed by atoms with Gasteiger partial charge in [0.2, 0.25) is 0 Å². The van der Waals surface area contributed by atoms with Gasteiger partial charge in [-0.05, 0) is 19.4 Å². The topological polar surface area (TPSA) is 55.1 Å². The molecule has 16 heavy (non-hydrogen) atoms. The van der Waals surface area contributed by atoms with Crippen LogP contribution in [0.15, 0.2) is 6.20 Å². The van der Waals surface area contributed by atoms with Crippen LogP contribution in [0, 0.1) is 6.92 Å². The summed E-state index contributed by atoms with van der Waals surface area (Å²) >= 11 is 0. The highest BCUT2D eigenvalue weighted by molar-refractivity contribution is 5.75. The molecule has 0 spiro atoms. The van der Waals surface area contributed by atoms with Crippen molar-refractivity contribution < 1.29 is 23.1 Å². The van der Waals surface area contributed by atoms with Gasteiger partial charge in [0.25, 0.3) is 0 Å². The van der Waals surface area contributed by atoms with Crippen LogP contribution in [0.2, 0.25) is 0 Å². The van der Waals surface area contributed by atoms with Crippen molar-refractivity contribution in [2.45, 2.75) is 32.5 Å². The monoisotopic (exact) mass is 236 g/mol. The first-order chi connectivity index (χ1) is 7.20. The van der Waals surface area contributed by atoms with Crippen molar-refractivity contribution >= 4 is 5.97 Å². The summed E-state index contributed by atoms with van der Waals surface area (Å²) in [7, 11) is 0. The van der Waals surface area contributed by atoms with E-state index in [1.807, 2.05) is 0 Å². The Morgan fingerprint density at radius 1 is 1.62 bits per heavy atom. The number of aryl methyl sites for hydroxylation is 1. The molecule has 1 unspecified atom stereocenters. The van der Waals surface area contributed by atoms with Gasteiger partial charge in [-0.25, -0.2) is 0 Å². The zero-order valence-corrected chi connectivity index (χ0v) is 8.75. The fourth-order valence-corrected chi connectivity index (χ4v) is 1.35. The first kappa shape index (κ1) is 12.5. The highest BCUT2D eigenvalue weighted by Crippen LogP contribution is 2.21. The fourth-order valence-electron chi connectivity index (χ4n) is 1.35. The lowest BCUT2D eigenvalue weighted by Gasteiger charge is -2.06. The summed E-state index contributed by atoms with van der Waals surface area (Å²) in [5, 5.41) is 12.4. The van der Waals surface area contributed by atoms with E-state index in [9.17, 15) is 18.0 Å². The Balaban J connectivity index is 2.94. The van der Waals surface area contributed by atoms with Crippen molar-refractivity contribution in [1.29, 1.82) is 0 Å². The second kappa shape index (κ2) is 4.15. The molecule has 0 fully saturated rings. The van der Waals surface area contributed by atoms with Gasteiger partial charge < -0.3 is 5.11 Å². The first-order valence-corrected chi connectivity index (χ1v) is 4.54. The summed E-state index contributed by atoms with van der Waals surface area (Å²) in [5.41, 5.74) is 0.607. The predicted octanol–water partition coefficient (Wildman–Crippen LogP) is 1.94. The van der Waals surface area contributed by atoms with Crippen LogP contribution in [-0.2, 0) is 11.3 Å². The molecule has 0 amide bonds. The van der Waals surface area contributed by atoms with E-state index in [0.717, 1.165) is 0 Å². The average Bonchev–Trinajstić information content (AvgIpc) is 2.41. The summed E-state index contributed by atoms with van der Waals surface area (Å²) in [5.74, 6) is -2.02. The number of hydrogen-bond donors (Lipinski definition) is 1. The van der Waals surface area contributed by atoms with Crippen molar-refractivity contribution in [3.8, 4) is 0 Å². The van der Waals surface area contributed by atoms with Crippen molar-refractivity contribution in [3.05, 3.63) is 17.5 Å². The van der Waals surface area contributed by atoms with Gasteiger partial charge in [-0.2, -0.15) is 18.3 Å². The standard InChI is InChI=1S/C9H11F3N2O2/c1-5-3-14(4-9(10,11)12)13-7(5)6(2)8(15)16/h3,6H,4H2,1-2H3,(H,15,16). The Kier molecular flexibility index (Phi) is 3.25. The second-order valence-corrected chi connectivity index (χ2v) is 3.57. The average molecular weight is 236 g/mol. The molecule has 1 aromatic heterocycles. The minimum Gasteiger partial charge on any atom is -0.481 e. The lowest BCUT2D eigenvalue weighted by Crippen LogP contribution is -2.18. The van der Waals surface area contributed by atoms with Gasteiger partial charge in [0.05, 0.1) is 11.6 Å². The number of aromatic nitrogens is 2. The molecule has 90 valence electrons. The van der Waals surface area contributed by atoms with Gasteiger partial charge in [-0.15, -0.1) is 0 Å². The van der Waals surface area contributed by atoms with Crippen molar-refractivity contribution in [3.63, 3.8) is 0 Å². The molecule has 0 radical (unpaired) electrons. The molecule has 1 atom stereocenters. The number of aliphatic carboxylic acids is 1. The molecular formula is C9H11F3N2O2. The molecule has 1 rings (SSSR count). The van der Waals surface area contributed by atoms with Crippen LogP contribution in [0.25, 0.3) is 0 Å². The molecule has 1 aromatic rings. The molecule has 7 heteroatoms. The van der Waals surface area contributed by atoms with Crippen LogP contribution in [0.1, 0.15) is 24.1 Å². The van der Waals surface area contributed by atoms with Crippen molar-refractivity contribution in [2.75, 3.05) is 0 Å². The van der Waals surface area contributed by atoms with Gasteiger partial charge in [0.15, 0.2) is 0 Å². The third kappa shape index (κ3) is 2.98. The van der Waals surface area contributed by atoms with E-state index in [-0.39, 0.29) is 5.69 Å². The summed E-state index contributed by atoms with van der Waals surface area (Å²) in [6.45, 7) is 1.71. The lowest BCUT2D eigenvalue weighted by molar-refractivity contribution is -0.142. The summed E-state index contributed by atoms with van der Waals surface area (Å²) in [4.78, 5) is 10.7. The van der Waals surface area contributed by atoms with E-state index < -0.39 is 24.6 Å². The molecule has 1 N–H and O–H groups in total. The molecule has 0 aliphatic heterocycles. The quantitative estimate of drug-likeness (QED) is 0.872. The molecule has 0 bridgehead atoms. The zero-order chi connectivity index (χ0) is 12.5. The van der Waals surface area contributed by atoms with Crippen molar-refractivity contribution in [1.82, 2.24) is 9.78 Å². The Morgan fingerprint density at radius 3 is 2.62 bits per heavy atom. The summed E-state index contributed by atoms with van der Waals surface area (Å²) < 4.78 is 36.9. The fraction of sp³-hybridized carbons (Fsp3) is 0.556. The molecule has 4 nitrogen and oxygen atoms in total. The third-order valence-electron chi connectivity index (χ3n) is 2.10. The smallest absolute Gasteiger partial charge is 0.408 e. The van der Waals surface area contributed by atoms with Gasteiger partial charge in [0, 0.05) is 6.20 Å². The van der Waals surface area contributed by atoms with Crippen LogP contribution in [0.3, 0.4) is 0 Å². The Morgan fingerprint density at radius 2 is 2.19 bits per heavy atom. The molecular weight excluding hydrogens is 225 g/mol. The highest BCUT2D eigenvalue weighted by atomic mass is 19.4. The highest BCUT2D eigenvalue weighted by Gasteiger charge is 2.29. The maximum atomic E-state index is 12.1. The van der Waals surface area contributed by atoms with E-state index in [2.05, 4.69) is 5.10 Å². The van der Waals surface area contributed by atoms with Gasteiger partial charge >= 0.3 is 12.1 Å². The maximum absolute atomic E-state index is 12.1. The van der Waals surface area contributed by atoms with Gasteiger partial charge in [-0.1, -0.05) is 0 Å². The largest absolute Gasteiger partial charge is 0.481 e. The lowest BCUT2D eigenvalue weighted by atomic mass is 10.1. The molecule has 0 aromatic carbocycles. The van der Waals surface area contributed by atoms with Crippen LogP contribution in [0.5, 0.6) is 0 Å². The van der Waals surface area contributed by atoms with E-state index in [1.54, 1.807) is 0 Å². The van der Waals surface area contributed by atoms with Gasteiger partial charge in [-0.3, -0.25) is 9.48 Å². The number of carboxylic acids is 1. The molecule has 0 saturated carbocycles. The normalized spacial score (nSPS) is 13.8. The predicted molar refractivity (Wildman–Crippen MR) is 49.1 cm³/mol. The molecule has 0 aliphatic rings. The van der Waals surface area contributed by atoms with Crippen LogP contribution < -0.4 is 0 Å². The molecule has 0 saturated heterocycles.